The summed E-state index contributed by atoms with van der Waals surface area (Å²) in [4.78, 5) is 7.02. The number of aliphatic imine (C=N–C) groups is 1. The third-order valence-electron chi connectivity index (χ3n) is 4.69. The molecule has 0 amide bonds. The average molecular weight is 366 g/mol. The number of likely N-dealkylation sites (N-methyl/N-ethyl adjacent to an activating group) is 1. The van der Waals surface area contributed by atoms with Crippen molar-refractivity contribution >= 4 is 28.5 Å². The molecule has 0 radical (unpaired) electrons. The topological polar surface area (TPSA) is 40.3 Å². The minimum Gasteiger partial charge on any atom is -0.359 e. The maximum atomic E-state index is 4.83. The first-order valence-electron chi connectivity index (χ1n) is 9.41. The van der Waals surface area contributed by atoms with E-state index in [2.05, 4.69) is 52.5 Å². The number of amidine groups is 1. The van der Waals surface area contributed by atoms with Gasteiger partial charge in [0.1, 0.15) is 5.84 Å². The molecule has 0 saturated carbocycles. The Morgan fingerprint density at radius 3 is 1.93 bits per heavy atom. The van der Waals surface area contributed by atoms with Gasteiger partial charge in [-0.1, -0.05) is 48.5 Å². The lowest BCUT2D eigenvalue weighted by Gasteiger charge is -2.25. The molecular formula is C24H22N4. The largest absolute Gasteiger partial charge is 0.359 e. The Kier molecular flexibility index (Phi) is 5.38. The Bertz CT molecular complexity index is 1000. The van der Waals surface area contributed by atoms with Crippen molar-refractivity contribution in [2.75, 3.05) is 13.6 Å². The maximum absolute atomic E-state index is 4.83. The molecule has 0 atom stereocenters. The SMILES string of the molecule is CN1CCC(c2ccccc2)=CC1=Nc1ccc(N=Nc2ccccc2)cc1. The van der Waals surface area contributed by atoms with Gasteiger partial charge in [0.2, 0.25) is 0 Å². The Labute approximate surface area is 165 Å². The average Bonchev–Trinajstić information content (AvgIpc) is 2.76. The van der Waals surface area contributed by atoms with Gasteiger partial charge in [0, 0.05) is 13.6 Å². The highest BCUT2D eigenvalue weighted by Gasteiger charge is 2.14. The summed E-state index contributed by atoms with van der Waals surface area (Å²) in [5, 5.41) is 8.53. The number of benzene rings is 3. The van der Waals surface area contributed by atoms with Crippen molar-refractivity contribution in [3.05, 3.63) is 96.6 Å². The minimum absolute atomic E-state index is 0.810. The minimum atomic E-state index is 0.810. The van der Waals surface area contributed by atoms with Gasteiger partial charge in [0.15, 0.2) is 0 Å². The van der Waals surface area contributed by atoms with Gasteiger partial charge in [-0.3, -0.25) is 0 Å². The molecule has 0 N–H and O–H groups in total. The third kappa shape index (κ3) is 4.41. The van der Waals surface area contributed by atoms with Crippen LogP contribution in [0.15, 0.2) is 106 Å². The maximum Gasteiger partial charge on any atom is 0.129 e. The highest BCUT2D eigenvalue weighted by molar-refractivity contribution is 6.02. The van der Waals surface area contributed by atoms with E-state index in [1.165, 1.54) is 11.1 Å². The predicted octanol–water partition coefficient (Wildman–Crippen LogP) is 6.55. The summed E-state index contributed by atoms with van der Waals surface area (Å²) in [6.45, 7) is 0.961. The Morgan fingerprint density at radius 1 is 0.679 bits per heavy atom. The van der Waals surface area contributed by atoms with Gasteiger partial charge in [-0.05, 0) is 60.0 Å². The van der Waals surface area contributed by atoms with Crippen LogP contribution in [0.3, 0.4) is 0 Å². The zero-order chi connectivity index (χ0) is 19.2. The molecule has 0 aliphatic carbocycles. The smallest absolute Gasteiger partial charge is 0.129 e. The molecule has 4 rings (SSSR count). The number of rotatable bonds is 4. The van der Waals surface area contributed by atoms with Crippen LogP contribution in [-0.2, 0) is 0 Å². The fraction of sp³-hybridized carbons (Fsp3) is 0.125. The van der Waals surface area contributed by atoms with Gasteiger partial charge in [0.05, 0.1) is 17.1 Å². The van der Waals surface area contributed by atoms with Crippen molar-refractivity contribution in [1.29, 1.82) is 0 Å². The Morgan fingerprint density at radius 2 is 1.25 bits per heavy atom. The monoisotopic (exact) mass is 366 g/mol. The van der Waals surface area contributed by atoms with Gasteiger partial charge in [-0.25, -0.2) is 4.99 Å². The number of hydrogen-bond acceptors (Lipinski definition) is 3. The van der Waals surface area contributed by atoms with Crippen LogP contribution >= 0.6 is 0 Å². The van der Waals surface area contributed by atoms with Crippen molar-refractivity contribution in [3.8, 4) is 0 Å². The first kappa shape index (κ1) is 17.9. The van der Waals surface area contributed by atoms with Crippen molar-refractivity contribution in [3.63, 3.8) is 0 Å². The van der Waals surface area contributed by atoms with Crippen molar-refractivity contribution < 1.29 is 0 Å². The summed E-state index contributed by atoms with van der Waals surface area (Å²) in [5.41, 5.74) is 5.15. The Balaban J connectivity index is 1.53. The summed E-state index contributed by atoms with van der Waals surface area (Å²) < 4.78 is 0. The molecular weight excluding hydrogens is 344 g/mol. The second-order valence-corrected chi connectivity index (χ2v) is 6.73. The first-order chi connectivity index (χ1) is 13.8. The van der Waals surface area contributed by atoms with Crippen molar-refractivity contribution in [2.45, 2.75) is 6.42 Å². The third-order valence-corrected chi connectivity index (χ3v) is 4.69. The zero-order valence-corrected chi connectivity index (χ0v) is 15.9. The molecule has 138 valence electrons. The van der Waals surface area contributed by atoms with Crippen LogP contribution in [0.25, 0.3) is 5.57 Å². The lowest BCUT2D eigenvalue weighted by Crippen LogP contribution is -2.29. The van der Waals surface area contributed by atoms with E-state index < -0.39 is 0 Å². The van der Waals surface area contributed by atoms with Crippen LogP contribution in [0.5, 0.6) is 0 Å². The highest BCUT2D eigenvalue weighted by Crippen LogP contribution is 2.25. The van der Waals surface area contributed by atoms with E-state index in [4.69, 9.17) is 4.99 Å². The van der Waals surface area contributed by atoms with E-state index >= 15 is 0 Å². The van der Waals surface area contributed by atoms with Crippen LogP contribution < -0.4 is 0 Å². The van der Waals surface area contributed by atoms with Crippen LogP contribution in [0.1, 0.15) is 12.0 Å². The first-order valence-corrected chi connectivity index (χ1v) is 9.41. The van der Waals surface area contributed by atoms with E-state index in [0.717, 1.165) is 35.9 Å². The number of nitrogens with zero attached hydrogens (tertiary/aromatic N) is 4. The van der Waals surface area contributed by atoms with Gasteiger partial charge >= 0.3 is 0 Å². The summed E-state index contributed by atoms with van der Waals surface area (Å²) in [5.74, 6) is 0.976. The number of azo groups is 1. The van der Waals surface area contributed by atoms with Gasteiger partial charge < -0.3 is 4.90 Å². The molecule has 0 bridgehead atoms. The van der Waals surface area contributed by atoms with E-state index in [0.29, 0.717) is 0 Å². The molecule has 1 aliphatic heterocycles. The number of hydrogen-bond donors (Lipinski definition) is 0. The molecule has 4 nitrogen and oxygen atoms in total. The summed E-state index contributed by atoms with van der Waals surface area (Å²) in [7, 11) is 2.08. The van der Waals surface area contributed by atoms with Crippen LogP contribution in [0, 0.1) is 0 Å². The molecule has 0 unspecified atom stereocenters. The van der Waals surface area contributed by atoms with E-state index in [1.54, 1.807) is 0 Å². The van der Waals surface area contributed by atoms with Crippen LogP contribution in [-0.4, -0.2) is 24.3 Å². The van der Waals surface area contributed by atoms with Crippen molar-refractivity contribution in [2.24, 2.45) is 15.2 Å². The van der Waals surface area contributed by atoms with Crippen LogP contribution in [0.4, 0.5) is 17.1 Å². The molecule has 0 saturated heterocycles. The highest BCUT2D eigenvalue weighted by atomic mass is 15.2. The standard InChI is InChI=1S/C24H22N4/c1-28-17-16-20(19-8-4-2-5-9-19)18-24(28)25-21-12-14-23(15-13-21)27-26-22-10-6-3-7-11-22/h2-15,18H,16-17H2,1H3. The molecule has 0 aromatic heterocycles. The van der Waals surface area contributed by atoms with Gasteiger partial charge in [-0.2, -0.15) is 10.2 Å². The summed E-state index contributed by atoms with van der Waals surface area (Å²) in [6.07, 6.45) is 3.21. The van der Waals surface area contributed by atoms with Gasteiger partial charge in [0.25, 0.3) is 0 Å². The van der Waals surface area contributed by atoms with Crippen molar-refractivity contribution in [1.82, 2.24) is 4.90 Å². The van der Waals surface area contributed by atoms with E-state index in [9.17, 15) is 0 Å². The molecule has 0 fully saturated rings. The Hall–Kier alpha value is -3.53. The summed E-state index contributed by atoms with van der Waals surface area (Å²) in [6, 6.07) is 28.1. The predicted molar refractivity (Wildman–Crippen MR) is 116 cm³/mol. The zero-order valence-electron chi connectivity index (χ0n) is 15.9. The van der Waals surface area contributed by atoms with E-state index in [1.807, 2.05) is 60.7 Å². The van der Waals surface area contributed by atoms with E-state index in [-0.39, 0.29) is 0 Å². The lowest BCUT2D eigenvalue weighted by molar-refractivity contribution is 0.512. The lowest BCUT2D eigenvalue weighted by atomic mass is 9.99. The fourth-order valence-corrected chi connectivity index (χ4v) is 3.07. The summed E-state index contributed by atoms with van der Waals surface area (Å²) >= 11 is 0. The molecule has 3 aromatic carbocycles. The molecule has 1 heterocycles. The normalized spacial score (nSPS) is 15.8. The second kappa shape index (κ2) is 8.44. The molecule has 4 heteroatoms. The molecule has 1 aliphatic rings. The molecule has 3 aromatic rings. The quantitative estimate of drug-likeness (QED) is 0.483. The fourth-order valence-electron chi connectivity index (χ4n) is 3.07. The molecule has 28 heavy (non-hydrogen) atoms. The second-order valence-electron chi connectivity index (χ2n) is 6.73. The van der Waals surface area contributed by atoms with Crippen LogP contribution in [0.2, 0.25) is 0 Å². The molecule has 0 spiro atoms. The van der Waals surface area contributed by atoms with Gasteiger partial charge in [-0.15, -0.1) is 0 Å².